The Hall–Kier alpha value is -2.95. The largest absolute Gasteiger partial charge is 0.486 e. The molecule has 0 spiro atoms. The van der Waals surface area contributed by atoms with Crippen molar-refractivity contribution in [3.63, 3.8) is 0 Å². The Morgan fingerprint density at radius 3 is 2.81 bits per heavy atom. The first-order valence-electron chi connectivity index (χ1n) is 9.27. The number of hydrogen-bond acceptors (Lipinski definition) is 4. The average Bonchev–Trinajstić information content (AvgIpc) is 3.07. The molecule has 5 heteroatoms. The summed E-state index contributed by atoms with van der Waals surface area (Å²) in [4.78, 5) is 14.7. The van der Waals surface area contributed by atoms with Gasteiger partial charge in [-0.3, -0.25) is 4.79 Å². The summed E-state index contributed by atoms with van der Waals surface area (Å²) in [6, 6.07) is 13.7. The van der Waals surface area contributed by atoms with Gasteiger partial charge in [-0.25, -0.2) is 0 Å². The Morgan fingerprint density at radius 2 is 2.00 bits per heavy atom. The molecule has 0 saturated carbocycles. The Kier molecular flexibility index (Phi) is 4.75. The lowest BCUT2D eigenvalue weighted by molar-refractivity contribution is -0.131. The summed E-state index contributed by atoms with van der Waals surface area (Å²) in [6.07, 6.45) is 1.83. The minimum absolute atomic E-state index is 0.0585. The third-order valence-electron chi connectivity index (χ3n) is 4.88. The molecule has 2 heterocycles. The third-order valence-corrected chi connectivity index (χ3v) is 4.88. The first kappa shape index (κ1) is 17.5. The molecule has 3 aromatic rings. The highest BCUT2D eigenvalue weighted by Crippen LogP contribution is 2.31. The summed E-state index contributed by atoms with van der Waals surface area (Å²) in [7, 11) is 0. The maximum Gasteiger partial charge on any atom is 0.227 e. The molecule has 0 N–H and O–H groups in total. The third kappa shape index (κ3) is 3.63. The zero-order chi connectivity index (χ0) is 18.8. The van der Waals surface area contributed by atoms with Crippen molar-refractivity contribution in [2.24, 2.45) is 0 Å². The van der Waals surface area contributed by atoms with E-state index in [9.17, 15) is 4.79 Å². The summed E-state index contributed by atoms with van der Waals surface area (Å²) in [5.41, 5.74) is 2.88. The van der Waals surface area contributed by atoms with Gasteiger partial charge in [0.05, 0.1) is 19.2 Å². The van der Waals surface area contributed by atoms with Gasteiger partial charge in [0.1, 0.15) is 12.2 Å². The molecule has 0 fully saturated rings. The number of aryl methyl sites for hydroxylation is 1. The zero-order valence-corrected chi connectivity index (χ0v) is 15.6. The van der Waals surface area contributed by atoms with Crippen molar-refractivity contribution in [1.29, 1.82) is 0 Å². The van der Waals surface area contributed by atoms with Crippen LogP contribution in [0.4, 0.5) is 0 Å². The van der Waals surface area contributed by atoms with E-state index in [0.717, 1.165) is 33.6 Å². The highest BCUT2D eigenvalue weighted by Gasteiger charge is 2.25. The number of hydrogen-bond donors (Lipinski definition) is 0. The molecule has 4 rings (SSSR count). The fourth-order valence-electron chi connectivity index (χ4n) is 3.41. The topological polar surface area (TPSA) is 51.9 Å². The Bertz CT molecular complexity index is 962. The van der Waals surface area contributed by atoms with Gasteiger partial charge in [0.2, 0.25) is 5.91 Å². The molecule has 0 aliphatic carbocycles. The van der Waals surface area contributed by atoms with Crippen LogP contribution in [0.25, 0.3) is 11.0 Å². The molecule has 1 aliphatic heterocycles. The summed E-state index contributed by atoms with van der Waals surface area (Å²) in [5, 5.41) is 0.996. The molecule has 5 nitrogen and oxygen atoms in total. The summed E-state index contributed by atoms with van der Waals surface area (Å²) < 4.78 is 17.4. The van der Waals surface area contributed by atoms with E-state index in [1.54, 1.807) is 6.26 Å². The number of carbonyl (C=O) groups excluding carboxylic acids is 1. The van der Waals surface area contributed by atoms with E-state index in [0.29, 0.717) is 26.1 Å². The molecule has 27 heavy (non-hydrogen) atoms. The SMILES string of the molecule is CCN(CC1COc2ccccc2O1)C(=O)Cc1coc2cc(C)ccc12. The van der Waals surface area contributed by atoms with Gasteiger partial charge < -0.3 is 18.8 Å². The maximum absolute atomic E-state index is 12.9. The Balaban J connectivity index is 1.44. The predicted molar refractivity (Wildman–Crippen MR) is 103 cm³/mol. The number of ether oxygens (including phenoxy) is 2. The number of amides is 1. The van der Waals surface area contributed by atoms with Crippen molar-refractivity contribution in [3.05, 3.63) is 59.9 Å². The molecule has 0 radical (unpaired) electrons. The predicted octanol–water partition coefficient (Wildman–Crippen LogP) is 3.97. The van der Waals surface area contributed by atoms with Crippen LogP contribution in [-0.4, -0.2) is 36.6 Å². The van der Waals surface area contributed by atoms with E-state index >= 15 is 0 Å². The number of furan rings is 1. The van der Waals surface area contributed by atoms with Crippen molar-refractivity contribution in [1.82, 2.24) is 4.90 Å². The van der Waals surface area contributed by atoms with Crippen LogP contribution < -0.4 is 9.47 Å². The normalized spacial score (nSPS) is 15.7. The number of rotatable bonds is 5. The number of carbonyl (C=O) groups is 1. The lowest BCUT2D eigenvalue weighted by atomic mass is 10.1. The standard InChI is InChI=1S/C22H23NO4/c1-3-23(12-17-14-26-19-6-4-5-7-20(19)27-17)22(24)11-16-13-25-21-10-15(2)8-9-18(16)21/h4-10,13,17H,3,11-12,14H2,1-2H3. The summed E-state index contributed by atoms with van der Waals surface area (Å²) in [6.45, 7) is 5.56. The van der Waals surface area contributed by atoms with Gasteiger partial charge in [-0.05, 0) is 37.6 Å². The smallest absolute Gasteiger partial charge is 0.227 e. The number of benzene rings is 2. The molecule has 1 unspecified atom stereocenters. The lowest BCUT2D eigenvalue weighted by Crippen LogP contribution is -2.44. The van der Waals surface area contributed by atoms with Crippen LogP contribution in [0.5, 0.6) is 11.5 Å². The molecule has 1 amide bonds. The van der Waals surface area contributed by atoms with Crippen LogP contribution in [0.2, 0.25) is 0 Å². The quantitative estimate of drug-likeness (QED) is 0.686. The first-order valence-corrected chi connectivity index (χ1v) is 9.27. The monoisotopic (exact) mass is 365 g/mol. The van der Waals surface area contributed by atoms with Gasteiger partial charge in [0.25, 0.3) is 0 Å². The lowest BCUT2D eigenvalue weighted by Gasteiger charge is -2.31. The molecule has 1 aromatic heterocycles. The van der Waals surface area contributed by atoms with Crippen molar-refractivity contribution in [2.45, 2.75) is 26.4 Å². The second-order valence-electron chi connectivity index (χ2n) is 6.87. The van der Waals surface area contributed by atoms with Crippen LogP contribution in [0.1, 0.15) is 18.1 Å². The highest BCUT2D eigenvalue weighted by atomic mass is 16.6. The van der Waals surface area contributed by atoms with Gasteiger partial charge in [-0.1, -0.05) is 24.3 Å². The van der Waals surface area contributed by atoms with Crippen molar-refractivity contribution < 1.29 is 18.7 Å². The highest BCUT2D eigenvalue weighted by molar-refractivity contribution is 5.88. The van der Waals surface area contributed by atoms with Crippen LogP contribution in [0, 0.1) is 6.92 Å². The maximum atomic E-state index is 12.9. The van der Waals surface area contributed by atoms with Crippen LogP contribution in [0.15, 0.2) is 53.1 Å². The van der Waals surface area contributed by atoms with Crippen molar-refractivity contribution in [2.75, 3.05) is 19.7 Å². The number of para-hydroxylation sites is 2. The van der Waals surface area contributed by atoms with Crippen LogP contribution >= 0.6 is 0 Å². The zero-order valence-electron chi connectivity index (χ0n) is 15.6. The second kappa shape index (κ2) is 7.35. The number of likely N-dealkylation sites (N-methyl/N-ethyl adjacent to an activating group) is 1. The summed E-state index contributed by atoms with van der Waals surface area (Å²) in [5.74, 6) is 1.54. The summed E-state index contributed by atoms with van der Waals surface area (Å²) >= 11 is 0. The number of fused-ring (bicyclic) bond motifs is 2. The van der Waals surface area contributed by atoms with Gasteiger partial charge >= 0.3 is 0 Å². The molecular formula is C22H23NO4. The molecule has 0 bridgehead atoms. The fourth-order valence-corrected chi connectivity index (χ4v) is 3.41. The first-order chi connectivity index (χ1) is 13.1. The molecule has 1 atom stereocenters. The fraction of sp³-hybridized carbons (Fsp3) is 0.318. The van der Waals surface area contributed by atoms with Gasteiger partial charge in [-0.15, -0.1) is 0 Å². The molecule has 1 aliphatic rings. The molecule has 140 valence electrons. The average molecular weight is 365 g/mol. The van der Waals surface area contributed by atoms with E-state index in [-0.39, 0.29) is 12.0 Å². The van der Waals surface area contributed by atoms with Gasteiger partial charge in [-0.2, -0.15) is 0 Å². The van der Waals surface area contributed by atoms with Crippen molar-refractivity contribution >= 4 is 16.9 Å². The van der Waals surface area contributed by atoms with E-state index in [1.807, 2.05) is 61.2 Å². The van der Waals surface area contributed by atoms with E-state index < -0.39 is 0 Å². The second-order valence-corrected chi connectivity index (χ2v) is 6.87. The van der Waals surface area contributed by atoms with Crippen molar-refractivity contribution in [3.8, 4) is 11.5 Å². The minimum atomic E-state index is -0.174. The molecule has 0 saturated heterocycles. The van der Waals surface area contributed by atoms with E-state index in [4.69, 9.17) is 13.9 Å². The minimum Gasteiger partial charge on any atom is -0.486 e. The Morgan fingerprint density at radius 1 is 1.19 bits per heavy atom. The van der Waals surface area contributed by atoms with E-state index in [2.05, 4.69) is 0 Å². The number of nitrogens with zero attached hydrogens (tertiary/aromatic N) is 1. The van der Waals surface area contributed by atoms with Crippen LogP contribution in [0.3, 0.4) is 0 Å². The Labute approximate surface area is 158 Å². The van der Waals surface area contributed by atoms with Gasteiger partial charge in [0, 0.05) is 17.5 Å². The van der Waals surface area contributed by atoms with E-state index in [1.165, 1.54) is 0 Å². The van der Waals surface area contributed by atoms with Gasteiger partial charge in [0.15, 0.2) is 17.6 Å². The van der Waals surface area contributed by atoms with Crippen LogP contribution in [-0.2, 0) is 11.2 Å². The molecular weight excluding hydrogens is 342 g/mol. The molecule has 2 aromatic carbocycles.